The topological polar surface area (TPSA) is 52.0 Å². The summed E-state index contributed by atoms with van der Waals surface area (Å²) in [5.74, 6) is 0.269. The number of halogens is 2. The van der Waals surface area contributed by atoms with Crippen LogP contribution in [-0.4, -0.2) is 5.16 Å². The molecule has 1 fully saturated rings. The molecule has 1 aliphatic rings. The second kappa shape index (κ2) is 3.80. The van der Waals surface area contributed by atoms with E-state index < -0.39 is 11.6 Å². The molecule has 0 radical (unpaired) electrons. The quantitative estimate of drug-likeness (QED) is 0.889. The van der Waals surface area contributed by atoms with Gasteiger partial charge in [0.2, 0.25) is 0 Å². The van der Waals surface area contributed by atoms with E-state index >= 15 is 0 Å². The lowest BCUT2D eigenvalue weighted by molar-refractivity contribution is 0.384. The Bertz CT molecular complexity index is 589. The molecule has 5 heteroatoms. The Morgan fingerprint density at radius 2 is 1.89 bits per heavy atom. The van der Waals surface area contributed by atoms with Gasteiger partial charge in [-0.1, -0.05) is 12.1 Å². The molecule has 18 heavy (non-hydrogen) atoms. The number of anilines is 1. The van der Waals surface area contributed by atoms with Crippen molar-refractivity contribution in [1.82, 2.24) is 5.16 Å². The molecule has 1 aromatic carbocycles. The number of benzene rings is 1. The average molecular weight is 250 g/mol. The average Bonchev–Trinajstić information content (AvgIpc) is 2.86. The predicted molar refractivity (Wildman–Crippen MR) is 62.8 cm³/mol. The van der Waals surface area contributed by atoms with E-state index in [9.17, 15) is 8.78 Å². The molecule has 1 heterocycles. The summed E-state index contributed by atoms with van der Waals surface area (Å²) in [6, 6.07) is 3.30. The smallest absolute Gasteiger partial charge is 0.175 e. The van der Waals surface area contributed by atoms with E-state index in [1.165, 1.54) is 12.1 Å². The number of nitrogen functional groups attached to an aromatic ring is 1. The second-order valence-electron chi connectivity index (χ2n) is 4.78. The minimum atomic E-state index is -0.639. The van der Waals surface area contributed by atoms with Gasteiger partial charge in [0.05, 0.1) is 5.56 Å². The van der Waals surface area contributed by atoms with Crippen molar-refractivity contribution in [1.29, 1.82) is 0 Å². The van der Waals surface area contributed by atoms with Crippen molar-refractivity contribution in [2.24, 2.45) is 5.92 Å². The molecule has 2 aromatic rings. The maximum atomic E-state index is 13.2. The molecule has 2 unspecified atom stereocenters. The third-order valence-corrected chi connectivity index (χ3v) is 3.34. The Morgan fingerprint density at radius 1 is 1.28 bits per heavy atom. The van der Waals surface area contributed by atoms with Gasteiger partial charge in [-0.15, -0.1) is 0 Å². The summed E-state index contributed by atoms with van der Waals surface area (Å²) in [7, 11) is 0. The fraction of sp³-hybridized carbons (Fsp3) is 0.308. The second-order valence-corrected chi connectivity index (χ2v) is 4.78. The fourth-order valence-electron chi connectivity index (χ4n) is 2.24. The first kappa shape index (κ1) is 11.2. The van der Waals surface area contributed by atoms with Crippen molar-refractivity contribution in [3.8, 4) is 11.1 Å². The van der Waals surface area contributed by atoms with Gasteiger partial charge >= 0.3 is 0 Å². The maximum Gasteiger partial charge on any atom is 0.175 e. The van der Waals surface area contributed by atoms with E-state index in [0.29, 0.717) is 22.8 Å². The summed E-state index contributed by atoms with van der Waals surface area (Å²) < 4.78 is 31.7. The standard InChI is InChI=1S/C13H12F2N2O/c1-6-2-10(6)12-11(13(16)17-18-12)7-3-8(14)5-9(15)4-7/h3-6,10H,2H2,1H3,(H2,16,17). The molecule has 0 aliphatic heterocycles. The molecule has 2 N–H and O–H groups in total. The van der Waals surface area contributed by atoms with Crippen molar-refractivity contribution in [3.05, 3.63) is 35.6 Å². The van der Waals surface area contributed by atoms with Crippen molar-refractivity contribution < 1.29 is 13.3 Å². The minimum absolute atomic E-state index is 0.175. The van der Waals surface area contributed by atoms with E-state index in [2.05, 4.69) is 12.1 Å². The molecule has 2 atom stereocenters. The lowest BCUT2D eigenvalue weighted by atomic mass is 10.0. The van der Waals surface area contributed by atoms with E-state index in [4.69, 9.17) is 10.3 Å². The maximum absolute atomic E-state index is 13.2. The Labute approximate surface area is 103 Å². The zero-order chi connectivity index (χ0) is 12.9. The van der Waals surface area contributed by atoms with Crippen molar-refractivity contribution in [2.45, 2.75) is 19.3 Å². The van der Waals surface area contributed by atoms with Gasteiger partial charge in [0, 0.05) is 12.0 Å². The summed E-state index contributed by atoms with van der Waals surface area (Å²) in [5, 5.41) is 3.71. The highest BCUT2D eigenvalue weighted by Gasteiger charge is 2.40. The van der Waals surface area contributed by atoms with Crippen LogP contribution in [0.4, 0.5) is 14.6 Å². The predicted octanol–water partition coefficient (Wildman–Crippen LogP) is 3.33. The summed E-state index contributed by atoms with van der Waals surface area (Å²) in [6.07, 6.45) is 0.986. The molecular weight excluding hydrogens is 238 g/mol. The summed E-state index contributed by atoms with van der Waals surface area (Å²) >= 11 is 0. The highest BCUT2D eigenvalue weighted by atomic mass is 19.1. The molecule has 0 amide bonds. The molecule has 3 rings (SSSR count). The molecule has 0 spiro atoms. The summed E-state index contributed by atoms with van der Waals surface area (Å²) in [6.45, 7) is 2.08. The molecule has 1 aliphatic carbocycles. The first-order valence-corrected chi connectivity index (χ1v) is 5.77. The largest absolute Gasteiger partial charge is 0.380 e. The molecule has 0 bridgehead atoms. The van der Waals surface area contributed by atoms with Gasteiger partial charge in [0.1, 0.15) is 17.4 Å². The van der Waals surface area contributed by atoms with Crippen LogP contribution < -0.4 is 5.73 Å². The van der Waals surface area contributed by atoms with Crippen LogP contribution >= 0.6 is 0 Å². The summed E-state index contributed by atoms with van der Waals surface area (Å²) in [5.41, 5.74) is 6.63. The Balaban J connectivity index is 2.13. The van der Waals surface area contributed by atoms with Gasteiger partial charge in [-0.3, -0.25) is 0 Å². The highest BCUT2D eigenvalue weighted by Crippen LogP contribution is 2.51. The normalized spacial score (nSPS) is 22.2. The summed E-state index contributed by atoms with van der Waals surface area (Å²) in [4.78, 5) is 0. The van der Waals surface area contributed by atoms with Crippen LogP contribution in [-0.2, 0) is 0 Å². The van der Waals surface area contributed by atoms with Gasteiger partial charge in [0.15, 0.2) is 5.82 Å². The van der Waals surface area contributed by atoms with Crippen LogP contribution in [0.1, 0.15) is 25.0 Å². The number of hydrogen-bond donors (Lipinski definition) is 1. The number of nitrogens with two attached hydrogens (primary N) is 1. The zero-order valence-electron chi connectivity index (χ0n) is 9.78. The number of nitrogens with zero attached hydrogens (tertiary/aromatic N) is 1. The van der Waals surface area contributed by atoms with E-state index in [1.807, 2.05) is 0 Å². The lowest BCUT2D eigenvalue weighted by Gasteiger charge is -2.02. The first-order valence-electron chi connectivity index (χ1n) is 5.77. The Kier molecular flexibility index (Phi) is 2.36. The van der Waals surface area contributed by atoms with Crippen molar-refractivity contribution in [2.75, 3.05) is 5.73 Å². The first-order chi connectivity index (χ1) is 8.56. The van der Waals surface area contributed by atoms with Crippen LogP contribution in [0.2, 0.25) is 0 Å². The van der Waals surface area contributed by atoms with Gasteiger partial charge in [-0.25, -0.2) is 8.78 Å². The molecule has 1 aromatic heterocycles. The van der Waals surface area contributed by atoms with Crippen molar-refractivity contribution >= 4 is 5.82 Å². The Hall–Kier alpha value is -1.91. The van der Waals surface area contributed by atoms with Crippen molar-refractivity contribution in [3.63, 3.8) is 0 Å². The number of hydrogen-bond acceptors (Lipinski definition) is 3. The van der Waals surface area contributed by atoms with Crippen LogP contribution in [0.5, 0.6) is 0 Å². The van der Waals surface area contributed by atoms with E-state index in [-0.39, 0.29) is 11.7 Å². The molecule has 0 saturated heterocycles. The molecule has 3 nitrogen and oxygen atoms in total. The minimum Gasteiger partial charge on any atom is -0.380 e. The van der Waals surface area contributed by atoms with Gasteiger partial charge in [-0.2, -0.15) is 0 Å². The monoisotopic (exact) mass is 250 g/mol. The van der Waals surface area contributed by atoms with Gasteiger partial charge < -0.3 is 10.3 Å². The molecular formula is C13H12F2N2O. The molecule has 94 valence electrons. The van der Waals surface area contributed by atoms with E-state index in [1.54, 1.807) is 0 Å². The molecule has 1 saturated carbocycles. The number of aromatic nitrogens is 1. The highest BCUT2D eigenvalue weighted by molar-refractivity contribution is 5.76. The van der Waals surface area contributed by atoms with Crippen LogP contribution in [0.25, 0.3) is 11.1 Å². The van der Waals surface area contributed by atoms with Crippen LogP contribution in [0.15, 0.2) is 22.7 Å². The number of rotatable bonds is 2. The van der Waals surface area contributed by atoms with Gasteiger partial charge in [-0.05, 0) is 30.0 Å². The zero-order valence-corrected chi connectivity index (χ0v) is 9.78. The Morgan fingerprint density at radius 3 is 2.44 bits per heavy atom. The van der Waals surface area contributed by atoms with Crippen LogP contribution in [0.3, 0.4) is 0 Å². The fourth-order valence-corrected chi connectivity index (χ4v) is 2.24. The SMILES string of the molecule is CC1CC1c1onc(N)c1-c1cc(F)cc(F)c1. The lowest BCUT2D eigenvalue weighted by Crippen LogP contribution is -1.92. The van der Waals surface area contributed by atoms with E-state index in [0.717, 1.165) is 12.5 Å². The third kappa shape index (κ3) is 1.75. The van der Waals surface area contributed by atoms with Crippen LogP contribution in [0, 0.1) is 17.6 Å². The third-order valence-electron chi connectivity index (χ3n) is 3.34. The van der Waals surface area contributed by atoms with Gasteiger partial charge in [0.25, 0.3) is 0 Å².